The average Bonchev–Trinajstić information content (AvgIpc) is 3.30. The summed E-state index contributed by atoms with van der Waals surface area (Å²) >= 11 is 0. The first-order chi connectivity index (χ1) is 15.2. The Morgan fingerprint density at radius 1 is 1.16 bits per heavy atom. The highest BCUT2D eigenvalue weighted by Crippen LogP contribution is 2.26. The zero-order valence-corrected chi connectivity index (χ0v) is 17.8. The standard InChI is InChI=1S/C23H29N7O/c1-16-13-26-23(30-21(16)25-11-10-20-14-24-15-27-20)29-19-9-5-8-18(12-19)28-22(31)17-6-3-2-4-7-17/h5,8-9,12-15,17H,2-4,6-7,10-11H2,1H3,(H,24,27)(H,28,31)(H2,25,26,29,30). The van der Waals surface area contributed by atoms with Crippen LogP contribution in [-0.2, 0) is 11.2 Å². The molecule has 0 spiro atoms. The molecular weight excluding hydrogens is 390 g/mol. The molecule has 31 heavy (non-hydrogen) atoms. The Morgan fingerprint density at radius 3 is 2.81 bits per heavy atom. The Hall–Kier alpha value is -3.42. The number of hydrogen-bond acceptors (Lipinski definition) is 6. The molecule has 1 amide bonds. The van der Waals surface area contributed by atoms with E-state index in [2.05, 4.69) is 35.9 Å². The predicted octanol–water partition coefficient (Wildman–Crippen LogP) is 4.43. The van der Waals surface area contributed by atoms with Crippen LogP contribution >= 0.6 is 0 Å². The molecule has 0 aliphatic heterocycles. The van der Waals surface area contributed by atoms with Crippen LogP contribution in [0.2, 0.25) is 0 Å². The van der Waals surface area contributed by atoms with Crippen LogP contribution in [0.25, 0.3) is 0 Å². The SMILES string of the molecule is Cc1cnc(Nc2cccc(NC(=O)C3CCCCC3)c2)nc1NCCc1cnc[nH]1. The third kappa shape index (κ3) is 5.81. The molecule has 8 heteroatoms. The molecule has 1 saturated carbocycles. The van der Waals surface area contributed by atoms with Gasteiger partial charge in [-0.15, -0.1) is 0 Å². The number of hydrogen-bond donors (Lipinski definition) is 4. The number of imidazole rings is 1. The molecule has 1 aliphatic carbocycles. The van der Waals surface area contributed by atoms with Crippen molar-refractivity contribution in [1.29, 1.82) is 0 Å². The lowest BCUT2D eigenvalue weighted by Gasteiger charge is -2.20. The second kappa shape index (κ2) is 10.1. The summed E-state index contributed by atoms with van der Waals surface area (Å²) in [5.74, 6) is 1.54. The van der Waals surface area contributed by atoms with Gasteiger partial charge in [-0.05, 0) is 38.0 Å². The van der Waals surface area contributed by atoms with Gasteiger partial charge in [0.05, 0.1) is 6.33 Å². The summed E-state index contributed by atoms with van der Waals surface area (Å²) in [6, 6.07) is 7.67. The van der Waals surface area contributed by atoms with Crippen LogP contribution in [0, 0.1) is 12.8 Å². The lowest BCUT2D eigenvalue weighted by atomic mass is 9.88. The van der Waals surface area contributed by atoms with Crippen LogP contribution in [0.3, 0.4) is 0 Å². The number of nitrogens with zero attached hydrogens (tertiary/aromatic N) is 3. The number of amides is 1. The molecular formula is C23H29N7O. The van der Waals surface area contributed by atoms with Gasteiger partial charge in [0, 0.05) is 53.9 Å². The largest absolute Gasteiger partial charge is 0.369 e. The van der Waals surface area contributed by atoms with E-state index >= 15 is 0 Å². The molecule has 2 aromatic heterocycles. The highest BCUT2D eigenvalue weighted by atomic mass is 16.1. The van der Waals surface area contributed by atoms with Gasteiger partial charge in [0.25, 0.3) is 0 Å². The molecule has 1 fully saturated rings. The van der Waals surface area contributed by atoms with E-state index in [0.717, 1.165) is 67.1 Å². The maximum Gasteiger partial charge on any atom is 0.229 e. The van der Waals surface area contributed by atoms with Crippen molar-refractivity contribution < 1.29 is 4.79 Å². The Kier molecular flexibility index (Phi) is 6.76. The van der Waals surface area contributed by atoms with E-state index in [1.54, 1.807) is 12.5 Å². The average molecular weight is 420 g/mol. The Bertz CT molecular complexity index is 997. The van der Waals surface area contributed by atoms with Crippen molar-refractivity contribution in [2.75, 3.05) is 22.5 Å². The number of nitrogens with one attached hydrogen (secondary N) is 4. The molecule has 162 valence electrons. The monoisotopic (exact) mass is 419 g/mol. The lowest BCUT2D eigenvalue weighted by molar-refractivity contribution is -0.120. The normalized spacial score (nSPS) is 14.2. The van der Waals surface area contributed by atoms with E-state index in [-0.39, 0.29) is 11.8 Å². The first-order valence-electron chi connectivity index (χ1n) is 10.9. The van der Waals surface area contributed by atoms with Crippen molar-refractivity contribution in [3.05, 3.63) is 54.2 Å². The summed E-state index contributed by atoms with van der Waals surface area (Å²) in [5, 5.41) is 9.65. The molecule has 4 rings (SSSR count). The fourth-order valence-corrected chi connectivity index (χ4v) is 3.83. The van der Waals surface area contributed by atoms with Gasteiger partial charge in [-0.2, -0.15) is 4.98 Å². The fraction of sp³-hybridized carbons (Fsp3) is 0.391. The van der Waals surface area contributed by atoms with Crippen molar-refractivity contribution in [3.8, 4) is 0 Å². The van der Waals surface area contributed by atoms with E-state index in [0.29, 0.717) is 5.95 Å². The molecule has 8 nitrogen and oxygen atoms in total. The van der Waals surface area contributed by atoms with Gasteiger partial charge in [-0.25, -0.2) is 9.97 Å². The zero-order valence-electron chi connectivity index (χ0n) is 17.8. The van der Waals surface area contributed by atoms with Crippen molar-refractivity contribution in [3.63, 3.8) is 0 Å². The van der Waals surface area contributed by atoms with Crippen LogP contribution in [0.5, 0.6) is 0 Å². The van der Waals surface area contributed by atoms with E-state index < -0.39 is 0 Å². The first-order valence-corrected chi connectivity index (χ1v) is 10.9. The van der Waals surface area contributed by atoms with Gasteiger partial charge in [0.15, 0.2) is 0 Å². The van der Waals surface area contributed by atoms with Crippen LogP contribution < -0.4 is 16.0 Å². The molecule has 0 bridgehead atoms. The maximum atomic E-state index is 12.5. The van der Waals surface area contributed by atoms with Crippen LogP contribution in [0.4, 0.5) is 23.1 Å². The minimum atomic E-state index is 0.118. The number of carbonyl (C=O) groups is 1. The number of anilines is 4. The number of H-pyrrole nitrogens is 1. The van der Waals surface area contributed by atoms with Crippen LogP contribution in [-0.4, -0.2) is 32.4 Å². The summed E-state index contributed by atoms with van der Waals surface area (Å²) in [7, 11) is 0. The van der Waals surface area contributed by atoms with Gasteiger partial charge in [0.1, 0.15) is 5.82 Å². The minimum absolute atomic E-state index is 0.118. The fourth-order valence-electron chi connectivity index (χ4n) is 3.83. The second-order valence-corrected chi connectivity index (χ2v) is 8.01. The van der Waals surface area contributed by atoms with E-state index in [1.165, 1.54) is 6.42 Å². The first kappa shape index (κ1) is 20.8. The quantitative estimate of drug-likeness (QED) is 0.430. The van der Waals surface area contributed by atoms with Gasteiger partial charge >= 0.3 is 0 Å². The molecule has 3 aromatic rings. The second-order valence-electron chi connectivity index (χ2n) is 8.01. The highest BCUT2D eigenvalue weighted by molar-refractivity contribution is 5.93. The Morgan fingerprint density at radius 2 is 2.00 bits per heavy atom. The van der Waals surface area contributed by atoms with E-state index in [4.69, 9.17) is 0 Å². The smallest absolute Gasteiger partial charge is 0.229 e. The summed E-state index contributed by atoms with van der Waals surface area (Å²) in [6.45, 7) is 2.71. The number of carbonyl (C=O) groups excluding carboxylic acids is 1. The number of benzene rings is 1. The van der Waals surface area contributed by atoms with Crippen LogP contribution in [0.1, 0.15) is 43.4 Å². The number of aromatic amines is 1. The molecule has 4 N–H and O–H groups in total. The zero-order chi connectivity index (χ0) is 21.5. The van der Waals surface area contributed by atoms with E-state index in [1.807, 2.05) is 37.4 Å². The van der Waals surface area contributed by atoms with Gasteiger partial charge < -0.3 is 20.9 Å². The van der Waals surface area contributed by atoms with Crippen molar-refractivity contribution in [2.24, 2.45) is 5.92 Å². The maximum absolute atomic E-state index is 12.5. The predicted molar refractivity (Wildman–Crippen MR) is 122 cm³/mol. The molecule has 0 unspecified atom stereocenters. The van der Waals surface area contributed by atoms with Gasteiger partial charge in [0.2, 0.25) is 11.9 Å². The Labute approximate surface area is 182 Å². The van der Waals surface area contributed by atoms with Crippen molar-refractivity contribution >= 4 is 29.0 Å². The highest BCUT2D eigenvalue weighted by Gasteiger charge is 2.21. The summed E-state index contributed by atoms with van der Waals surface area (Å²) in [6.07, 6.45) is 11.6. The third-order valence-electron chi connectivity index (χ3n) is 5.58. The topological polar surface area (TPSA) is 108 Å². The molecule has 1 aromatic carbocycles. The van der Waals surface area contributed by atoms with Crippen molar-refractivity contribution in [2.45, 2.75) is 45.4 Å². The summed E-state index contributed by atoms with van der Waals surface area (Å²) in [5.41, 5.74) is 3.66. The molecule has 2 heterocycles. The molecule has 0 radical (unpaired) electrons. The van der Waals surface area contributed by atoms with Gasteiger partial charge in [-0.1, -0.05) is 25.3 Å². The van der Waals surface area contributed by atoms with E-state index in [9.17, 15) is 4.79 Å². The number of rotatable bonds is 8. The lowest BCUT2D eigenvalue weighted by Crippen LogP contribution is -2.24. The Balaban J connectivity index is 1.37. The van der Waals surface area contributed by atoms with Gasteiger partial charge in [-0.3, -0.25) is 4.79 Å². The van der Waals surface area contributed by atoms with Crippen molar-refractivity contribution in [1.82, 2.24) is 19.9 Å². The summed E-state index contributed by atoms with van der Waals surface area (Å²) < 4.78 is 0. The number of aryl methyl sites for hydroxylation is 1. The minimum Gasteiger partial charge on any atom is -0.369 e. The third-order valence-corrected chi connectivity index (χ3v) is 5.58. The molecule has 1 aliphatic rings. The molecule has 0 saturated heterocycles. The molecule has 0 atom stereocenters. The number of aromatic nitrogens is 4. The van der Waals surface area contributed by atoms with Crippen LogP contribution in [0.15, 0.2) is 43.0 Å². The summed E-state index contributed by atoms with van der Waals surface area (Å²) in [4.78, 5) is 28.7.